The van der Waals surface area contributed by atoms with Crippen molar-refractivity contribution in [1.82, 2.24) is 5.32 Å². The number of amides is 1. The van der Waals surface area contributed by atoms with Crippen LogP contribution in [-0.4, -0.2) is 18.9 Å². The summed E-state index contributed by atoms with van der Waals surface area (Å²) in [6.45, 7) is 0.0825. The van der Waals surface area contributed by atoms with Crippen LogP contribution in [-0.2, 0) is 22.3 Å². The van der Waals surface area contributed by atoms with Crippen molar-refractivity contribution in [2.75, 3.05) is 7.11 Å². The number of carbonyl (C=O) groups is 1. The summed E-state index contributed by atoms with van der Waals surface area (Å²) in [5.41, 5.74) is 5.12. The van der Waals surface area contributed by atoms with E-state index in [9.17, 15) is 22.4 Å². The van der Waals surface area contributed by atoms with Gasteiger partial charge < -0.3 is 15.8 Å². The second-order valence-electron chi connectivity index (χ2n) is 5.68. The number of hydrogen-bond acceptors (Lipinski definition) is 3. The van der Waals surface area contributed by atoms with E-state index in [0.717, 1.165) is 13.2 Å². The van der Waals surface area contributed by atoms with Gasteiger partial charge in [0.1, 0.15) is 11.7 Å². The van der Waals surface area contributed by atoms with Gasteiger partial charge in [-0.05, 0) is 17.7 Å². The van der Waals surface area contributed by atoms with Crippen LogP contribution in [0.25, 0.3) is 0 Å². The van der Waals surface area contributed by atoms with Crippen LogP contribution in [0.4, 0.5) is 17.6 Å². The normalized spacial score (nSPS) is 12.0. The summed E-state index contributed by atoms with van der Waals surface area (Å²) in [4.78, 5) is 12.3. The first-order chi connectivity index (χ1) is 12.6. The maximum Gasteiger partial charge on any atom is 0.416 e. The first-order valence-electron chi connectivity index (χ1n) is 7.74. The predicted octanol–water partition coefficient (Wildman–Crippen LogP) is 3.55. The van der Waals surface area contributed by atoms with Gasteiger partial charge in [-0.2, -0.15) is 13.2 Å². The van der Waals surface area contributed by atoms with Crippen molar-refractivity contribution in [3.05, 3.63) is 70.5 Å². The topological polar surface area (TPSA) is 88.2 Å². The van der Waals surface area contributed by atoms with Crippen LogP contribution in [0, 0.1) is 11.2 Å². The van der Waals surface area contributed by atoms with Gasteiger partial charge in [0.25, 0.3) is 5.91 Å². The number of methoxy groups -OCH3 is 1. The van der Waals surface area contributed by atoms with Crippen LogP contribution in [0.5, 0.6) is 0 Å². The number of nitrogen functional groups attached to an aromatic ring is 1. The third-order valence-corrected chi connectivity index (χ3v) is 3.82. The largest absolute Gasteiger partial charge is 0.416 e. The van der Waals surface area contributed by atoms with Gasteiger partial charge in [-0.1, -0.05) is 30.3 Å². The highest BCUT2D eigenvalue weighted by Crippen LogP contribution is 2.32. The van der Waals surface area contributed by atoms with E-state index in [-0.39, 0.29) is 30.4 Å². The molecule has 1 amide bonds. The van der Waals surface area contributed by atoms with Gasteiger partial charge in [0.05, 0.1) is 5.56 Å². The molecule has 0 spiro atoms. The van der Waals surface area contributed by atoms with Crippen LogP contribution in [0.1, 0.15) is 28.4 Å². The van der Waals surface area contributed by atoms with Crippen molar-refractivity contribution in [1.29, 1.82) is 5.41 Å². The number of amidine groups is 1. The Kier molecular flexibility index (Phi) is 7.95. The average molecular weight is 420 g/mol. The van der Waals surface area contributed by atoms with Crippen LogP contribution >= 0.6 is 12.4 Å². The van der Waals surface area contributed by atoms with Crippen molar-refractivity contribution in [2.45, 2.75) is 18.8 Å². The highest BCUT2D eigenvalue weighted by molar-refractivity contribution is 5.94. The van der Waals surface area contributed by atoms with E-state index in [1.165, 1.54) is 0 Å². The SMILES string of the molecule is COC(C(=O)NCc1ccc(C(=N)N)cc1)c1ccc(C(F)(F)F)cc1F.Cl. The molecule has 0 heterocycles. The fourth-order valence-corrected chi connectivity index (χ4v) is 2.38. The molecule has 0 aliphatic heterocycles. The van der Waals surface area contributed by atoms with Crippen molar-refractivity contribution >= 4 is 24.1 Å². The molecule has 4 N–H and O–H groups in total. The van der Waals surface area contributed by atoms with Crippen LogP contribution < -0.4 is 11.1 Å². The Morgan fingerprint density at radius 2 is 1.82 bits per heavy atom. The highest BCUT2D eigenvalue weighted by Gasteiger charge is 2.32. The lowest BCUT2D eigenvalue weighted by atomic mass is 10.0. The van der Waals surface area contributed by atoms with E-state index in [2.05, 4.69) is 5.32 Å². The number of hydrogen-bond donors (Lipinski definition) is 3. The lowest BCUT2D eigenvalue weighted by molar-refractivity contribution is -0.137. The molecule has 0 saturated heterocycles. The number of ether oxygens (including phenoxy) is 1. The average Bonchev–Trinajstić information content (AvgIpc) is 2.61. The molecule has 152 valence electrons. The molecular weight excluding hydrogens is 402 g/mol. The lowest BCUT2D eigenvalue weighted by Crippen LogP contribution is -2.30. The zero-order valence-corrected chi connectivity index (χ0v) is 15.5. The zero-order chi connectivity index (χ0) is 20.2. The molecule has 0 fully saturated rings. The number of rotatable bonds is 6. The molecule has 0 saturated carbocycles. The highest BCUT2D eigenvalue weighted by atomic mass is 35.5. The van der Waals surface area contributed by atoms with E-state index in [0.29, 0.717) is 23.3 Å². The van der Waals surface area contributed by atoms with Gasteiger partial charge >= 0.3 is 6.18 Å². The molecule has 2 rings (SSSR count). The third kappa shape index (κ3) is 5.67. The molecule has 28 heavy (non-hydrogen) atoms. The summed E-state index contributed by atoms with van der Waals surface area (Å²) in [6.07, 6.45) is -6.08. The fourth-order valence-electron chi connectivity index (χ4n) is 2.38. The summed E-state index contributed by atoms with van der Waals surface area (Å²) in [5.74, 6) is -1.98. The zero-order valence-electron chi connectivity index (χ0n) is 14.6. The van der Waals surface area contributed by atoms with Crippen LogP contribution in [0.2, 0.25) is 0 Å². The Bertz CT molecular complexity index is 842. The predicted molar refractivity (Wildman–Crippen MR) is 97.7 cm³/mol. The smallest absolute Gasteiger partial charge is 0.384 e. The second kappa shape index (κ2) is 9.52. The number of halogens is 5. The van der Waals surface area contributed by atoms with Gasteiger partial charge in [0.15, 0.2) is 6.10 Å². The van der Waals surface area contributed by atoms with Gasteiger partial charge in [-0.25, -0.2) is 4.39 Å². The molecular formula is C18H18ClF4N3O2. The molecule has 0 bridgehead atoms. The molecule has 1 unspecified atom stereocenters. The second-order valence-corrected chi connectivity index (χ2v) is 5.68. The molecule has 0 aromatic heterocycles. The van der Waals surface area contributed by atoms with Crippen LogP contribution in [0.15, 0.2) is 42.5 Å². The fraction of sp³-hybridized carbons (Fsp3) is 0.222. The maximum absolute atomic E-state index is 14.1. The maximum atomic E-state index is 14.1. The molecule has 5 nitrogen and oxygen atoms in total. The van der Waals surface area contributed by atoms with Gasteiger partial charge in [-0.15, -0.1) is 12.4 Å². The molecule has 0 aliphatic rings. The first kappa shape index (κ1) is 23.4. The number of benzene rings is 2. The van der Waals surface area contributed by atoms with E-state index in [1.807, 2.05) is 0 Å². The molecule has 0 aliphatic carbocycles. The molecule has 2 aromatic rings. The monoisotopic (exact) mass is 419 g/mol. The lowest BCUT2D eigenvalue weighted by Gasteiger charge is -2.17. The first-order valence-corrected chi connectivity index (χ1v) is 7.74. The quantitative estimate of drug-likeness (QED) is 0.380. The molecule has 0 radical (unpaired) electrons. The summed E-state index contributed by atoms with van der Waals surface area (Å²) in [7, 11) is 1.16. The van der Waals surface area contributed by atoms with Gasteiger partial charge in [0, 0.05) is 24.8 Å². The number of carbonyl (C=O) groups excluding carboxylic acids is 1. The number of alkyl halides is 3. The summed E-state index contributed by atoms with van der Waals surface area (Å²) < 4.78 is 56.9. The molecule has 10 heteroatoms. The Labute approximate surface area is 164 Å². The Morgan fingerprint density at radius 3 is 2.29 bits per heavy atom. The minimum atomic E-state index is -4.68. The van der Waals surface area contributed by atoms with E-state index >= 15 is 0 Å². The third-order valence-electron chi connectivity index (χ3n) is 3.82. The molecule has 1 atom stereocenters. The van der Waals surface area contributed by atoms with E-state index in [4.69, 9.17) is 15.9 Å². The minimum absolute atomic E-state index is 0. The number of nitrogens with one attached hydrogen (secondary N) is 2. The Balaban J connectivity index is 0.00000392. The van der Waals surface area contributed by atoms with Crippen molar-refractivity contribution < 1.29 is 27.1 Å². The Hall–Kier alpha value is -2.65. The van der Waals surface area contributed by atoms with Crippen LogP contribution in [0.3, 0.4) is 0 Å². The summed E-state index contributed by atoms with van der Waals surface area (Å²) >= 11 is 0. The number of nitrogens with two attached hydrogens (primary N) is 1. The van der Waals surface area contributed by atoms with E-state index < -0.39 is 29.6 Å². The van der Waals surface area contributed by atoms with Gasteiger partial charge in [0.2, 0.25) is 0 Å². The van der Waals surface area contributed by atoms with E-state index in [1.54, 1.807) is 24.3 Å². The molecule has 2 aromatic carbocycles. The summed E-state index contributed by atoms with van der Waals surface area (Å²) in [6, 6.07) is 8.41. The van der Waals surface area contributed by atoms with Crippen molar-refractivity contribution in [3.63, 3.8) is 0 Å². The van der Waals surface area contributed by atoms with Crippen molar-refractivity contribution in [3.8, 4) is 0 Å². The Morgan fingerprint density at radius 1 is 1.21 bits per heavy atom. The standard InChI is InChI=1S/C18H17F4N3O2.ClH/c1-27-15(13-7-6-12(8-14(13)19)18(20,21)22)17(26)25-9-10-2-4-11(5-3-10)16(23)24;/h2-8,15H,9H2,1H3,(H3,23,24)(H,25,26);1H. The minimum Gasteiger partial charge on any atom is -0.384 e. The van der Waals surface area contributed by atoms with Gasteiger partial charge in [-0.3, -0.25) is 10.2 Å². The summed E-state index contributed by atoms with van der Waals surface area (Å²) in [5, 5.41) is 9.84. The van der Waals surface area contributed by atoms with Crippen molar-refractivity contribution in [2.24, 2.45) is 5.73 Å².